The number of carboxylic acids is 1. The third-order valence-electron chi connectivity index (χ3n) is 3.58. The van der Waals surface area contributed by atoms with Gasteiger partial charge < -0.3 is 15.1 Å². The molecule has 1 rings (SSSR count). The molecule has 104 valence electrons. The lowest BCUT2D eigenvalue weighted by atomic mass is 9.88. The number of aliphatic hydroxyl groups is 1. The van der Waals surface area contributed by atoms with Gasteiger partial charge in [-0.3, -0.25) is 9.59 Å². The molecular formula is C13H23NO4. The summed E-state index contributed by atoms with van der Waals surface area (Å²) in [5.74, 6) is -1.06. The van der Waals surface area contributed by atoms with Crippen LogP contribution in [0, 0.1) is 5.41 Å². The van der Waals surface area contributed by atoms with Crippen molar-refractivity contribution in [3.8, 4) is 0 Å². The Hall–Kier alpha value is -1.10. The first kappa shape index (κ1) is 15.0. The SMILES string of the molecule is CC(C)(CC(=O)N1CCCCC1CCO)C(=O)O. The quantitative estimate of drug-likeness (QED) is 0.777. The Labute approximate surface area is 108 Å². The lowest BCUT2D eigenvalue weighted by Crippen LogP contribution is -2.46. The van der Waals surface area contributed by atoms with Gasteiger partial charge in [0, 0.05) is 25.6 Å². The molecule has 0 spiro atoms. The molecule has 18 heavy (non-hydrogen) atoms. The number of amides is 1. The Morgan fingerprint density at radius 3 is 2.56 bits per heavy atom. The molecule has 1 saturated heterocycles. The second-order valence-corrected chi connectivity index (χ2v) is 5.61. The van der Waals surface area contributed by atoms with Gasteiger partial charge in [-0.15, -0.1) is 0 Å². The predicted molar refractivity (Wildman–Crippen MR) is 67.1 cm³/mol. The van der Waals surface area contributed by atoms with Crippen LogP contribution in [-0.2, 0) is 9.59 Å². The molecule has 1 aliphatic heterocycles. The molecule has 1 fully saturated rings. The number of nitrogens with zero attached hydrogens (tertiary/aromatic N) is 1. The average molecular weight is 257 g/mol. The summed E-state index contributed by atoms with van der Waals surface area (Å²) in [4.78, 5) is 25.0. The van der Waals surface area contributed by atoms with E-state index in [0.29, 0.717) is 13.0 Å². The Kier molecular flexibility index (Phi) is 5.14. The van der Waals surface area contributed by atoms with Crippen molar-refractivity contribution >= 4 is 11.9 Å². The Morgan fingerprint density at radius 2 is 2.00 bits per heavy atom. The number of carbonyl (C=O) groups excluding carboxylic acids is 1. The van der Waals surface area contributed by atoms with Crippen molar-refractivity contribution in [1.82, 2.24) is 4.90 Å². The highest BCUT2D eigenvalue weighted by Gasteiger charge is 2.34. The molecule has 1 amide bonds. The Morgan fingerprint density at radius 1 is 1.33 bits per heavy atom. The van der Waals surface area contributed by atoms with E-state index in [0.717, 1.165) is 19.3 Å². The van der Waals surface area contributed by atoms with Crippen molar-refractivity contribution in [1.29, 1.82) is 0 Å². The van der Waals surface area contributed by atoms with Gasteiger partial charge in [-0.05, 0) is 39.5 Å². The number of piperidine rings is 1. The number of carboxylic acid groups (broad SMARTS) is 1. The van der Waals surface area contributed by atoms with Gasteiger partial charge in [-0.2, -0.15) is 0 Å². The number of rotatable bonds is 5. The number of likely N-dealkylation sites (tertiary alicyclic amines) is 1. The van der Waals surface area contributed by atoms with E-state index in [-0.39, 0.29) is 25.0 Å². The number of aliphatic carboxylic acids is 1. The predicted octanol–water partition coefficient (Wildman–Crippen LogP) is 1.25. The summed E-state index contributed by atoms with van der Waals surface area (Å²) in [7, 11) is 0. The zero-order chi connectivity index (χ0) is 13.8. The lowest BCUT2D eigenvalue weighted by molar-refractivity contribution is -0.152. The molecule has 1 unspecified atom stereocenters. The largest absolute Gasteiger partial charge is 0.481 e. The summed E-state index contributed by atoms with van der Waals surface area (Å²) in [5.41, 5.74) is -1.03. The maximum absolute atomic E-state index is 12.2. The van der Waals surface area contributed by atoms with Crippen LogP contribution in [0.2, 0.25) is 0 Å². The summed E-state index contributed by atoms with van der Waals surface area (Å²) >= 11 is 0. The fourth-order valence-electron chi connectivity index (χ4n) is 2.33. The number of carbonyl (C=O) groups is 2. The standard InChI is InChI=1S/C13H23NO4/c1-13(2,12(17)18)9-11(16)14-7-4-3-5-10(14)6-8-15/h10,15H,3-9H2,1-2H3,(H,17,18). The van der Waals surface area contributed by atoms with Crippen LogP contribution in [0.4, 0.5) is 0 Å². The van der Waals surface area contributed by atoms with Crippen LogP contribution in [0.3, 0.4) is 0 Å². The summed E-state index contributed by atoms with van der Waals surface area (Å²) < 4.78 is 0. The maximum atomic E-state index is 12.2. The summed E-state index contributed by atoms with van der Waals surface area (Å²) in [5, 5.41) is 18.1. The van der Waals surface area contributed by atoms with E-state index in [2.05, 4.69) is 0 Å². The van der Waals surface area contributed by atoms with Gasteiger partial charge in [-0.1, -0.05) is 0 Å². The van der Waals surface area contributed by atoms with Gasteiger partial charge in [0.1, 0.15) is 0 Å². The third-order valence-corrected chi connectivity index (χ3v) is 3.58. The maximum Gasteiger partial charge on any atom is 0.309 e. The van der Waals surface area contributed by atoms with E-state index in [4.69, 9.17) is 10.2 Å². The fourth-order valence-corrected chi connectivity index (χ4v) is 2.33. The van der Waals surface area contributed by atoms with Crippen LogP contribution in [0.5, 0.6) is 0 Å². The highest BCUT2D eigenvalue weighted by atomic mass is 16.4. The first-order chi connectivity index (χ1) is 8.38. The molecule has 1 aliphatic rings. The van der Waals surface area contributed by atoms with E-state index in [1.165, 1.54) is 0 Å². The molecular weight excluding hydrogens is 234 g/mol. The molecule has 0 aromatic carbocycles. The summed E-state index contributed by atoms with van der Waals surface area (Å²) in [6, 6.07) is 0.0702. The topological polar surface area (TPSA) is 77.8 Å². The van der Waals surface area contributed by atoms with Gasteiger partial charge in [0.15, 0.2) is 0 Å². The monoisotopic (exact) mass is 257 g/mol. The molecule has 0 bridgehead atoms. The molecule has 1 atom stereocenters. The van der Waals surface area contributed by atoms with Crippen molar-refractivity contribution in [3.05, 3.63) is 0 Å². The molecule has 0 radical (unpaired) electrons. The minimum absolute atomic E-state index is 0.0181. The average Bonchev–Trinajstić information content (AvgIpc) is 2.29. The highest BCUT2D eigenvalue weighted by Crippen LogP contribution is 2.26. The van der Waals surface area contributed by atoms with Crippen LogP contribution < -0.4 is 0 Å². The van der Waals surface area contributed by atoms with Gasteiger partial charge >= 0.3 is 5.97 Å². The number of hydrogen-bond acceptors (Lipinski definition) is 3. The van der Waals surface area contributed by atoms with Gasteiger partial charge in [0.2, 0.25) is 5.91 Å². The van der Waals surface area contributed by atoms with Crippen LogP contribution in [0.15, 0.2) is 0 Å². The highest BCUT2D eigenvalue weighted by molar-refractivity contribution is 5.84. The summed E-state index contributed by atoms with van der Waals surface area (Å²) in [6.45, 7) is 3.88. The minimum Gasteiger partial charge on any atom is -0.481 e. The molecule has 5 heteroatoms. The second kappa shape index (κ2) is 6.18. The zero-order valence-corrected chi connectivity index (χ0v) is 11.2. The minimum atomic E-state index is -1.03. The van der Waals surface area contributed by atoms with Crippen LogP contribution in [0.25, 0.3) is 0 Å². The second-order valence-electron chi connectivity index (χ2n) is 5.61. The first-order valence-electron chi connectivity index (χ1n) is 6.52. The van der Waals surface area contributed by atoms with Crippen molar-refractivity contribution in [3.63, 3.8) is 0 Å². The van der Waals surface area contributed by atoms with Crippen molar-refractivity contribution in [2.75, 3.05) is 13.2 Å². The smallest absolute Gasteiger partial charge is 0.309 e. The Bertz CT molecular complexity index is 312. The van der Waals surface area contributed by atoms with Crippen LogP contribution in [0.1, 0.15) is 46.0 Å². The molecule has 0 aromatic heterocycles. The molecule has 5 nitrogen and oxygen atoms in total. The first-order valence-corrected chi connectivity index (χ1v) is 6.52. The molecule has 1 heterocycles. The van der Waals surface area contributed by atoms with Gasteiger partial charge in [-0.25, -0.2) is 0 Å². The fraction of sp³-hybridized carbons (Fsp3) is 0.846. The Balaban J connectivity index is 2.66. The number of aliphatic hydroxyl groups excluding tert-OH is 1. The van der Waals surface area contributed by atoms with E-state index in [1.807, 2.05) is 0 Å². The normalized spacial score (nSPS) is 20.8. The van der Waals surface area contributed by atoms with Gasteiger partial charge in [0.05, 0.1) is 5.41 Å². The molecule has 0 saturated carbocycles. The molecule has 0 aromatic rings. The van der Waals surface area contributed by atoms with Crippen molar-refractivity contribution < 1.29 is 19.8 Å². The lowest BCUT2D eigenvalue weighted by Gasteiger charge is -2.37. The molecule has 0 aliphatic carbocycles. The zero-order valence-electron chi connectivity index (χ0n) is 11.2. The van der Waals surface area contributed by atoms with E-state index in [1.54, 1.807) is 18.7 Å². The van der Waals surface area contributed by atoms with Gasteiger partial charge in [0.25, 0.3) is 0 Å². The van der Waals surface area contributed by atoms with E-state index in [9.17, 15) is 9.59 Å². The van der Waals surface area contributed by atoms with Crippen molar-refractivity contribution in [2.24, 2.45) is 5.41 Å². The number of hydrogen-bond donors (Lipinski definition) is 2. The van der Waals surface area contributed by atoms with Crippen LogP contribution in [-0.4, -0.2) is 46.2 Å². The molecule has 2 N–H and O–H groups in total. The van der Waals surface area contributed by atoms with E-state index >= 15 is 0 Å². The summed E-state index contributed by atoms with van der Waals surface area (Å²) in [6.07, 6.45) is 3.53. The van der Waals surface area contributed by atoms with Crippen LogP contribution >= 0.6 is 0 Å². The van der Waals surface area contributed by atoms with E-state index < -0.39 is 11.4 Å². The third kappa shape index (κ3) is 3.70. The van der Waals surface area contributed by atoms with Crippen molar-refractivity contribution in [2.45, 2.75) is 52.0 Å².